The number of nitrogens with zero attached hydrogens (tertiary/aromatic N) is 6. The molecule has 140 valence electrons. The van der Waals surface area contributed by atoms with Gasteiger partial charge in [0, 0.05) is 49.7 Å². The molecule has 3 aromatic heterocycles. The lowest BCUT2D eigenvalue weighted by atomic mass is 9.95. The molecule has 0 bridgehead atoms. The van der Waals surface area contributed by atoms with Crippen molar-refractivity contribution in [3.63, 3.8) is 0 Å². The van der Waals surface area contributed by atoms with Crippen LogP contribution < -0.4 is 0 Å². The van der Waals surface area contributed by atoms with Crippen LogP contribution in [0, 0.1) is 6.92 Å². The van der Waals surface area contributed by atoms with Crippen LogP contribution in [0.4, 0.5) is 0 Å². The third-order valence-electron chi connectivity index (χ3n) is 5.02. The van der Waals surface area contributed by atoms with Crippen LogP contribution in [0.1, 0.15) is 47.6 Å². The molecule has 0 spiro atoms. The van der Waals surface area contributed by atoms with Gasteiger partial charge in [-0.15, -0.1) is 0 Å². The van der Waals surface area contributed by atoms with Crippen LogP contribution in [0.5, 0.6) is 0 Å². The molecule has 1 amide bonds. The maximum Gasteiger partial charge on any atom is 0.258 e. The normalized spacial score (nSPS) is 15.3. The second-order valence-corrected chi connectivity index (χ2v) is 6.74. The molecule has 0 N–H and O–H groups in total. The molecule has 4 heterocycles. The Morgan fingerprint density at radius 2 is 2.00 bits per heavy atom. The number of amides is 1. The Kier molecular flexibility index (Phi) is 4.70. The summed E-state index contributed by atoms with van der Waals surface area (Å²) in [5.74, 6) is 1.47. The fourth-order valence-electron chi connectivity index (χ4n) is 3.41. The molecule has 1 fully saturated rings. The highest BCUT2D eigenvalue weighted by molar-refractivity contribution is 5.95. The fraction of sp³-hybridized carbons (Fsp3) is 0.421. The van der Waals surface area contributed by atoms with Gasteiger partial charge in [-0.2, -0.15) is 10.1 Å². The van der Waals surface area contributed by atoms with E-state index in [1.807, 2.05) is 37.1 Å². The largest absolute Gasteiger partial charge is 0.338 e. The van der Waals surface area contributed by atoms with E-state index >= 15 is 0 Å². The third-order valence-corrected chi connectivity index (χ3v) is 5.02. The summed E-state index contributed by atoms with van der Waals surface area (Å²) in [6.45, 7) is 6.01. The van der Waals surface area contributed by atoms with E-state index in [0.717, 1.165) is 30.6 Å². The molecule has 0 atom stereocenters. The number of aromatic nitrogens is 5. The van der Waals surface area contributed by atoms with Crippen LogP contribution >= 0.6 is 0 Å². The van der Waals surface area contributed by atoms with E-state index in [4.69, 9.17) is 4.52 Å². The number of aryl methyl sites for hydroxylation is 2. The van der Waals surface area contributed by atoms with Crippen LogP contribution in [0.3, 0.4) is 0 Å². The van der Waals surface area contributed by atoms with Crippen molar-refractivity contribution in [1.82, 2.24) is 29.8 Å². The molecule has 1 saturated heterocycles. The summed E-state index contributed by atoms with van der Waals surface area (Å²) in [5.41, 5.74) is 2.33. The van der Waals surface area contributed by atoms with E-state index in [0.29, 0.717) is 30.4 Å². The average Bonchev–Trinajstić information content (AvgIpc) is 3.35. The van der Waals surface area contributed by atoms with Gasteiger partial charge in [-0.3, -0.25) is 14.5 Å². The lowest BCUT2D eigenvalue weighted by Crippen LogP contribution is -2.38. The molecule has 27 heavy (non-hydrogen) atoms. The number of carbonyl (C=O) groups is 1. The standard InChI is InChI=1S/C19H22N6O2/c1-3-25-12-16(13(2)22-25)19(26)24-10-6-14(7-11-24)17-21-18(27-23-17)15-4-8-20-9-5-15/h4-5,8-9,12,14H,3,6-7,10-11H2,1-2H3. The molecule has 8 heteroatoms. The number of rotatable bonds is 4. The first-order valence-corrected chi connectivity index (χ1v) is 9.23. The zero-order valence-electron chi connectivity index (χ0n) is 15.5. The second-order valence-electron chi connectivity index (χ2n) is 6.74. The Morgan fingerprint density at radius 3 is 2.67 bits per heavy atom. The van der Waals surface area contributed by atoms with Gasteiger partial charge in [0.15, 0.2) is 5.82 Å². The topological polar surface area (TPSA) is 89.9 Å². The molecule has 8 nitrogen and oxygen atoms in total. The molecule has 0 saturated carbocycles. The molecule has 0 aliphatic carbocycles. The third kappa shape index (κ3) is 3.47. The minimum Gasteiger partial charge on any atom is -0.338 e. The van der Waals surface area contributed by atoms with Crippen molar-refractivity contribution in [2.75, 3.05) is 13.1 Å². The zero-order chi connectivity index (χ0) is 18.8. The van der Waals surface area contributed by atoms with E-state index in [1.165, 1.54) is 0 Å². The number of hydrogen-bond acceptors (Lipinski definition) is 6. The Hall–Kier alpha value is -3.03. The Labute approximate surface area is 157 Å². The van der Waals surface area contributed by atoms with E-state index < -0.39 is 0 Å². The van der Waals surface area contributed by atoms with Crippen LogP contribution in [0.25, 0.3) is 11.5 Å². The summed E-state index contributed by atoms with van der Waals surface area (Å²) in [5, 5.41) is 8.52. The van der Waals surface area contributed by atoms with Crippen molar-refractivity contribution in [2.24, 2.45) is 0 Å². The van der Waals surface area contributed by atoms with Gasteiger partial charge in [0.1, 0.15) is 0 Å². The quantitative estimate of drug-likeness (QED) is 0.705. The summed E-state index contributed by atoms with van der Waals surface area (Å²) in [4.78, 5) is 23.2. The summed E-state index contributed by atoms with van der Waals surface area (Å²) in [6, 6.07) is 3.69. The van der Waals surface area contributed by atoms with Crippen molar-refractivity contribution in [1.29, 1.82) is 0 Å². The summed E-state index contributed by atoms with van der Waals surface area (Å²) >= 11 is 0. The van der Waals surface area contributed by atoms with Gasteiger partial charge in [0.05, 0.1) is 11.3 Å². The molecular weight excluding hydrogens is 344 g/mol. The maximum atomic E-state index is 12.8. The predicted octanol–water partition coefficient (Wildman–Crippen LogP) is 2.68. The van der Waals surface area contributed by atoms with Crippen LogP contribution in [0.2, 0.25) is 0 Å². The zero-order valence-corrected chi connectivity index (χ0v) is 15.5. The number of carbonyl (C=O) groups excluding carboxylic acids is 1. The number of likely N-dealkylation sites (tertiary alicyclic amines) is 1. The molecule has 1 aliphatic rings. The van der Waals surface area contributed by atoms with Gasteiger partial charge in [-0.1, -0.05) is 5.16 Å². The maximum absolute atomic E-state index is 12.8. The molecule has 4 rings (SSSR count). The van der Waals surface area contributed by atoms with Gasteiger partial charge in [0.25, 0.3) is 11.8 Å². The minimum atomic E-state index is 0.0521. The number of pyridine rings is 1. The van der Waals surface area contributed by atoms with Crippen molar-refractivity contribution in [3.05, 3.63) is 47.8 Å². The lowest BCUT2D eigenvalue weighted by Gasteiger charge is -2.30. The SMILES string of the molecule is CCn1cc(C(=O)N2CCC(c3noc(-c4ccncc4)n3)CC2)c(C)n1. The first kappa shape index (κ1) is 17.4. The van der Waals surface area contributed by atoms with Crippen LogP contribution in [0.15, 0.2) is 35.2 Å². The second kappa shape index (κ2) is 7.30. The van der Waals surface area contributed by atoms with Gasteiger partial charge in [0.2, 0.25) is 0 Å². The molecule has 3 aromatic rings. The van der Waals surface area contributed by atoms with E-state index in [-0.39, 0.29) is 11.8 Å². The minimum absolute atomic E-state index is 0.0521. The smallest absolute Gasteiger partial charge is 0.258 e. The predicted molar refractivity (Wildman–Crippen MR) is 98.0 cm³/mol. The molecule has 0 aromatic carbocycles. The Bertz CT molecular complexity index is 925. The highest BCUT2D eigenvalue weighted by atomic mass is 16.5. The van der Waals surface area contributed by atoms with Gasteiger partial charge in [-0.05, 0) is 38.8 Å². The van der Waals surface area contributed by atoms with Crippen molar-refractivity contribution < 1.29 is 9.32 Å². The Balaban J connectivity index is 1.41. The van der Waals surface area contributed by atoms with Crippen molar-refractivity contribution in [2.45, 2.75) is 39.2 Å². The average molecular weight is 366 g/mol. The monoisotopic (exact) mass is 366 g/mol. The van der Waals surface area contributed by atoms with Crippen molar-refractivity contribution >= 4 is 5.91 Å². The fourth-order valence-corrected chi connectivity index (χ4v) is 3.41. The first-order chi connectivity index (χ1) is 13.2. The molecule has 0 radical (unpaired) electrons. The van der Waals surface area contributed by atoms with E-state index in [2.05, 4.69) is 20.2 Å². The lowest BCUT2D eigenvalue weighted by molar-refractivity contribution is 0.0710. The summed E-state index contributed by atoms with van der Waals surface area (Å²) in [7, 11) is 0. The highest BCUT2D eigenvalue weighted by Gasteiger charge is 2.29. The van der Waals surface area contributed by atoms with E-state index in [1.54, 1.807) is 17.1 Å². The Morgan fingerprint density at radius 1 is 1.26 bits per heavy atom. The van der Waals surface area contributed by atoms with Crippen LogP contribution in [-0.2, 0) is 6.54 Å². The van der Waals surface area contributed by atoms with Gasteiger partial charge < -0.3 is 9.42 Å². The number of hydrogen-bond donors (Lipinski definition) is 0. The van der Waals surface area contributed by atoms with Crippen molar-refractivity contribution in [3.8, 4) is 11.5 Å². The summed E-state index contributed by atoms with van der Waals surface area (Å²) in [6.07, 6.45) is 6.88. The van der Waals surface area contributed by atoms with E-state index in [9.17, 15) is 4.79 Å². The van der Waals surface area contributed by atoms with Gasteiger partial charge >= 0.3 is 0 Å². The number of piperidine rings is 1. The first-order valence-electron chi connectivity index (χ1n) is 9.23. The van der Waals surface area contributed by atoms with Crippen LogP contribution in [-0.4, -0.2) is 48.8 Å². The van der Waals surface area contributed by atoms with Gasteiger partial charge in [-0.25, -0.2) is 0 Å². The summed E-state index contributed by atoms with van der Waals surface area (Å²) < 4.78 is 7.20. The highest BCUT2D eigenvalue weighted by Crippen LogP contribution is 2.28. The molecule has 1 aliphatic heterocycles. The molecule has 0 unspecified atom stereocenters. The molecular formula is C19H22N6O2.